The molecule has 1 atom stereocenters. The Balaban J connectivity index is 2.12. The lowest BCUT2D eigenvalue weighted by atomic mass is 10.1. The first kappa shape index (κ1) is 14.0. The maximum absolute atomic E-state index is 12.2. The van der Waals surface area contributed by atoms with Crippen molar-refractivity contribution < 1.29 is 8.42 Å². The lowest BCUT2D eigenvalue weighted by Gasteiger charge is -2.12. The van der Waals surface area contributed by atoms with E-state index in [-0.39, 0.29) is 0 Å². The lowest BCUT2D eigenvalue weighted by molar-refractivity contribution is 0.538. The average molecular weight is 333 g/mol. The number of sulfonamides is 1. The van der Waals surface area contributed by atoms with Crippen LogP contribution in [0.15, 0.2) is 27.6 Å². The van der Waals surface area contributed by atoms with Crippen LogP contribution >= 0.6 is 15.9 Å². The summed E-state index contributed by atoms with van der Waals surface area (Å²) in [5, 5.41) is 3.23. The fraction of sp³-hybridized carbons (Fsp3) is 0.500. The molecule has 100 valence electrons. The van der Waals surface area contributed by atoms with E-state index in [9.17, 15) is 8.42 Å². The van der Waals surface area contributed by atoms with E-state index < -0.39 is 10.0 Å². The zero-order valence-electron chi connectivity index (χ0n) is 10.2. The van der Waals surface area contributed by atoms with Gasteiger partial charge in [0.2, 0.25) is 10.0 Å². The van der Waals surface area contributed by atoms with Crippen LogP contribution in [-0.4, -0.2) is 28.1 Å². The molecule has 1 aromatic carbocycles. The van der Waals surface area contributed by atoms with Crippen molar-refractivity contribution in [3.8, 4) is 0 Å². The highest BCUT2D eigenvalue weighted by Gasteiger charge is 2.20. The van der Waals surface area contributed by atoms with Gasteiger partial charge in [-0.3, -0.25) is 0 Å². The number of nitrogens with one attached hydrogen (secondary N) is 2. The third-order valence-corrected chi connectivity index (χ3v) is 5.22. The molecule has 4 nitrogen and oxygen atoms in total. The summed E-state index contributed by atoms with van der Waals surface area (Å²) in [4.78, 5) is 0.350. The first-order valence-corrected chi connectivity index (χ1v) is 8.23. The molecule has 1 aromatic rings. The van der Waals surface area contributed by atoms with Gasteiger partial charge in [-0.1, -0.05) is 22.0 Å². The SMILES string of the molecule is Cc1ccc(Br)cc1S(=O)(=O)NCC1CCNC1. The number of aryl methyl sites for hydroxylation is 1. The predicted molar refractivity (Wildman–Crippen MR) is 75.0 cm³/mol. The van der Waals surface area contributed by atoms with Gasteiger partial charge in [0.25, 0.3) is 0 Å². The average Bonchev–Trinajstić information content (AvgIpc) is 2.83. The molecule has 6 heteroatoms. The minimum Gasteiger partial charge on any atom is -0.316 e. The van der Waals surface area contributed by atoms with Crippen molar-refractivity contribution >= 4 is 26.0 Å². The standard InChI is InChI=1S/C12H17BrN2O2S/c1-9-2-3-11(13)6-12(9)18(16,17)15-8-10-4-5-14-7-10/h2-3,6,10,14-15H,4-5,7-8H2,1H3. The van der Waals surface area contributed by atoms with Crippen LogP contribution in [0, 0.1) is 12.8 Å². The minimum atomic E-state index is -3.41. The molecule has 2 N–H and O–H groups in total. The van der Waals surface area contributed by atoms with Crippen LogP contribution in [0.25, 0.3) is 0 Å². The quantitative estimate of drug-likeness (QED) is 0.881. The molecule has 1 aliphatic rings. The Morgan fingerprint density at radius 2 is 2.28 bits per heavy atom. The molecule has 0 spiro atoms. The van der Waals surface area contributed by atoms with Crippen molar-refractivity contribution in [2.24, 2.45) is 5.92 Å². The van der Waals surface area contributed by atoms with E-state index in [1.807, 2.05) is 6.07 Å². The summed E-state index contributed by atoms with van der Waals surface area (Å²) in [5.74, 6) is 0.396. The molecule has 1 fully saturated rings. The van der Waals surface area contributed by atoms with Crippen LogP contribution in [0.4, 0.5) is 0 Å². The number of hydrogen-bond donors (Lipinski definition) is 2. The number of rotatable bonds is 4. The molecule has 0 aliphatic carbocycles. The highest BCUT2D eigenvalue weighted by molar-refractivity contribution is 9.10. The first-order valence-electron chi connectivity index (χ1n) is 5.95. The Morgan fingerprint density at radius 1 is 1.50 bits per heavy atom. The third kappa shape index (κ3) is 3.32. The van der Waals surface area contributed by atoms with Crippen LogP contribution < -0.4 is 10.0 Å². The van der Waals surface area contributed by atoms with E-state index in [2.05, 4.69) is 26.0 Å². The second-order valence-electron chi connectivity index (χ2n) is 4.62. The van der Waals surface area contributed by atoms with Gasteiger partial charge in [-0.15, -0.1) is 0 Å². The number of halogens is 1. The topological polar surface area (TPSA) is 58.2 Å². The van der Waals surface area contributed by atoms with Gasteiger partial charge >= 0.3 is 0 Å². The van der Waals surface area contributed by atoms with Gasteiger partial charge in [0, 0.05) is 11.0 Å². The van der Waals surface area contributed by atoms with E-state index in [4.69, 9.17) is 0 Å². The van der Waals surface area contributed by atoms with Gasteiger partial charge in [0.1, 0.15) is 0 Å². The molecule has 1 aliphatic heterocycles. The van der Waals surface area contributed by atoms with Crippen LogP contribution in [-0.2, 0) is 10.0 Å². The highest BCUT2D eigenvalue weighted by Crippen LogP contribution is 2.20. The predicted octanol–water partition coefficient (Wildman–Crippen LogP) is 1.65. The van der Waals surface area contributed by atoms with E-state index in [0.29, 0.717) is 17.4 Å². The third-order valence-electron chi connectivity index (χ3n) is 3.16. The Kier molecular flexibility index (Phi) is 4.42. The van der Waals surface area contributed by atoms with Crippen LogP contribution in [0.1, 0.15) is 12.0 Å². The van der Waals surface area contributed by atoms with Crippen LogP contribution in [0.2, 0.25) is 0 Å². The summed E-state index contributed by atoms with van der Waals surface area (Å²) >= 11 is 3.30. The van der Waals surface area contributed by atoms with E-state index in [1.165, 1.54) is 0 Å². The summed E-state index contributed by atoms with van der Waals surface area (Å²) in [6.07, 6.45) is 1.03. The fourth-order valence-corrected chi connectivity index (χ4v) is 3.95. The zero-order valence-corrected chi connectivity index (χ0v) is 12.6. The second-order valence-corrected chi connectivity index (χ2v) is 7.27. The summed E-state index contributed by atoms with van der Waals surface area (Å²) in [7, 11) is -3.41. The first-order chi connectivity index (χ1) is 8.49. The Hall–Kier alpha value is -0.430. The normalized spacial score (nSPS) is 20.2. The van der Waals surface area contributed by atoms with Gasteiger partial charge in [-0.05, 0) is 50.0 Å². The summed E-state index contributed by atoms with van der Waals surface area (Å²) in [6.45, 7) is 4.17. The fourth-order valence-electron chi connectivity index (χ4n) is 2.06. The van der Waals surface area contributed by atoms with Crippen LogP contribution in [0.5, 0.6) is 0 Å². The Bertz CT molecular complexity index is 525. The van der Waals surface area contributed by atoms with Crippen molar-refractivity contribution in [1.82, 2.24) is 10.0 Å². The number of hydrogen-bond acceptors (Lipinski definition) is 3. The van der Waals surface area contributed by atoms with Gasteiger partial charge in [-0.2, -0.15) is 0 Å². The molecule has 0 amide bonds. The van der Waals surface area contributed by atoms with Gasteiger partial charge in [0.15, 0.2) is 0 Å². The Labute approximate surface area is 116 Å². The zero-order chi connectivity index (χ0) is 13.2. The molecule has 18 heavy (non-hydrogen) atoms. The summed E-state index contributed by atoms with van der Waals surface area (Å²) < 4.78 is 27.9. The molecular weight excluding hydrogens is 316 g/mol. The van der Waals surface area contributed by atoms with Gasteiger partial charge in [-0.25, -0.2) is 13.1 Å². The highest BCUT2D eigenvalue weighted by atomic mass is 79.9. The minimum absolute atomic E-state index is 0.350. The maximum Gasteiger partial charge on any atom is 0.240 e. The van der Waals surface area contributed by atoms with E-state index in [1.54, 1.807) is 19.1 Å². The number of benzene rings is 1. The monoisotopic (exact) mass is 332 g/mol. The molecule has 0 aromatic heterocycles. The van der Waals surface area contributed by atoms with E-state index in [0.717, 1.165) is 29.5 Å². The molecule has 0 radical (unpaired) electrons. The van der Waals surface area contributed by atoms with Crippen molar-refractivity contribution in [2.45, 2.75) is 18.2 Å². The molecular formula is C12H17BrN2O2S. The van der Waals surface area contributed by atoms with Crippen LogP contribution in [0.3, 0.4) is 0 Å². The van der Waals surface area contributed by atoms with Crippen molar-refractivity contribution in [3.05, 3.63) is 28.2 Å². The molecule has 0 bridgehead atoms. The second kappa shape index (κ2) is 5.69. The smallest absolute Gasteiger partial charge is 0.240 e. The molecule has 1 saturated heterocycles. The van der Waals surface area contributed by atoms with Gasteiger partial charge < -0.3 is 5.32 Å². The largest absolute Gasteiger partial charge is 0.316 e. The summed E-state index contributed by atoms with van der Waals surface area (Å²) in [5.41, 5.74) is 0.759. The van der Waals surface area contributed by atoms with Crippen molar-refractivity contribution in [1.29, 1.82) is 0 Å². The Morgan fingerprint density at radius 3 is 2.94 bits per heavy atom. The maximum atomic E-state index is 12.2. The molecule has 2 rings (SSSR count). The molecule has 1 heterocycles. The van der Waals surface area contributed by atoms with Gasteiger partial charge in [0.05, 0.1) is 4.90 Å². The molecule has 1 unspecified atom stereocenters. The van der Waals surface area contributed by atoms with Crippen molar-refractivity contribution in [3.63, 3.8) is 0 Å². The van der Waals surface area contributed by atoms with Crippen molar-refractivity contribution in [2.75, 3.05) is 19.6 Å². The van der Waals surface area contributed by atoms with E-state index >= 15 is 0 Å². The summed E-state index contributed by atoms with van der Waals surface area (Å²) in [6, 6.07) is 5.29. The molecule has 0 saturated carbocycles. The lowest BCUT2D eigenvalue weighted by Crippen LogP contribution is -2.30.